The first-order chi connectivity index (χ1) is 15.2. The van der Waals surface area contributed by atoms with Gasteiger partial charge in [-0.15, -0.1) is 11.3 Å². The molecule has 174 valence electrons. The molecule has 1 aromatic heterocycles. The summed E-state index contributed by atoms with van der Waals surface area (Å²) in [7, 11) is 0. The number of hydrogen-bond donors (Lipinski definition) is 0. The molecule has 1 aliphatic heterocycles. The van der Waals surface area contributed by atoms with Gasteiger partial charge in [-0.1, -0.05) is 39.3 Å². The van der Waals surface area contributed by atoms with Crippen LogP contribution in [0, 0.1) is 11.8 Å². The minimum Gasteiger partial charge on any atom is -0.491 e. The number of rotatable bonds is 9. The first-order valence-electron chi connectivity index (χ1n) is 11.3. The van der Waals surface area contributed by atoms with Crippen LogP contribution in [0.4, 0.5) is 0 Å². The number of halogens is 1. The van der Waals surface area contributed by atoms with Gasteiger partial charge in [0.1, 0.15) is 12.4 Å². The lowest BCUT2D eigenvalue weighted by Gasteiger charge is -2.37. The van der Waals surface area contributed by atoms with E-state index in [4.69, 9.17) is 16.3 Å². The first kappa shape index (κ1) is 24.6. The van der Waals surface area contributed by atoms with Crippen molar-refractivity contribution in [1.82, 2.24) is 9.80 Å². The monoisotopic (exact) mass is 476 g/mol. The molecule has 1 atom stereocenters. The summed E-state index contributed by atoms with van der Waals surface area (Å²) in [4.78, 5) is 31.2. The summed E-state index contributed by atoms with van der Waals surface area (Å²) in [5, 5.41) is 2.73. The fourth-order valence-electron chi connectivity index (χ4n) is 4.01. The highest BCUT2D eigenvalue weighted by Crippen LogP contribution is 2.34. The lowest BCUT2D eigenvalue weighted by Crippen LogP contribution is -2.48. The Bertz CT molecular complexity index is 910. The molecule has 1 aromatic carbocycles. The smallest absolute Gasteiger partial charge is 0.242 e. The molecule has 2 heterocycles. The molecule has 32 heavy (non-hydrogen) atoms. The normalized spacial score (nSPS) is 15.7. The molecule has 0 bridgehead atoms. The van der Waals surface area contributed by atoms with Crippen molar-refractivity contribution in [3.8, 4) is 5.75 Å². The van der Waals surface area contributed by atoms with E-state index in [9.17, 15) is 9.59 Å². The van der Waals surface area contributed by atoms with Crippen molar-refractivity contribution < 1.29 is 14.3 Å². The Balaban J connectivity index is 1.75. The zero-order chi connectivity index (χ0) is 23.3. The maximum absolute atomic E-state index is 13.4. The third kappa shape index (κ3) is 6.48. The molecule has 2 amide bonds. The van der Waals surface area contributed by atoms with E-state index in [1.807, 2.05) is 30.9 Å². The number of fused-ring (bicyclic) bond motifs is 1. The largest absolute Gasteiger partial charge is 0.491 e. The summed E-state index contributed by atoms with van der Waals surface area (Å²) in [5.74, 6) is 1.30. The number of benzene rings is 1. The molecule has 0 radical (unpaired) electrons. The molecular weight excluding hydrogens is 444 g/mol. The number of ether oxygens (including phenoxy) is 1. The van der Waals surface area contributed by atoms with E-state index in [2.05, 4.69) is 25.3 Å². The van der Waals surface area contributed by atoms with Gasteiger partial charge >= 0.3 is 0 Å². The summed E-state index contributed by atoms with van der Waals surface area (Å²) >= 11 is 7.70. The minimum atomic E-state index is -0.172. The number of hydrogen-bond acceptors (Lipinski definition) is 4. The molecule has 1 aliphatic rings. The van der Waals surface area contributed by atoms with Gasteiger partial charge in [-0.25, -0.2) is 0 Å². The standard InChI is InChI=1S/C25H33ClN2O3S/c1-17(2)13-24(29)27(14-18(3)4)15-25(30)28-11-9-23-21(10-12-32-23)22(28)16-31-20-7-5-19(26)6-8-20/h5-8,10,12,17-18,22H,9,11,13-16H2,1-4H3/t22-/m0/s1. The average Bonchev–Trinajstić information content (AvgIpc) is 3.20. The quantitative estimate of drug-likeness (QED) is 0.484. The number of carbonyl (C=O) groups is 2. The number of nitrogens with zero attached hydrogens (tertiary/aromatic N) is 2. The summed E-state index contributed by atoms with van der Waals surface area (Å²) in [6, 6.07) is 9.17. The highest BCUT2D eigenvalue weighted by molar-refractivity contribution is 7.10. The molecule has 0 saturated heterocycles. The van der Waals surface area contributed by atoms with Gasteiger partial charge in [0.05, 0.1) is 12.6 Å². The van der Waals surface area contributed by atoms with Crippen LogP contribution in [0.25, 0.3) is 0 Å². The van der Waals surface area contributed by atoms with Gasteiger partial charge < -0.3 is 14.5 Å². The third-order valence-corrected chi connectivity index (χ3v) is 6.73. The van der Waals surface area contributed by atoms with Crippen molar-refractivity contribution in [1.29, 1.82) is 0 Å². The molecule has 0 unspecified atom stereocenters. The predicted octanol–water partition coefficient (Wildman–Crippen LogP) is 5.44. The van der Waals surface area contributed by atoms with Gasteiger partial charge in [0.2, 0.25) is 11.8 Å². The Hall–Kier alpha value is -2.05. The second-order valence-electron chi connectivity index (χ2n) is 9.18. The van der Waals surface area contributed by atoms with Crippen LogP contribution in [0.2, 0.25) is 5.02 Å². The van der Waals surface area contributed by atoms with Crippen LogP contribution in [-0.2, 0) is 16.0 Å². The maximum atomic E-state index is 13.4. The molecule has 0 N–H and O–H groups in total. The fourth-order valence-corrected chi connectivity index (χ4v) is 5.06. The van der Waals surface area contributed by atoms with E-state index in [-0.39, 0.29) is 30.3 Å². The van der Waals surface area contributed by atoms with Crippen molar-refractivity contribution in [2.24, 2.45) is 11.8 Å². The summed E-state index contributed by atoms with van der Waals surface area (Å²) < 4.78 is 6.05. The lowest BCUT2D eigenvalue weighted by atomic mass is 10.00. The van der Waals surface area contributed by atoms with E-state index in [1.54, 1.807) is 28.4 Å². The van der Waals surface area contributed by atoms with E-state index >= 15 is 0 Å². The van der Waals surface area contributed by atoms with Gasteiger partial charge in [-0.05, 0) is 59.5 Å². The summed E-state index contributed by atoms with van der Waals surface area (Å²) in [6.07, 6.45) is 1.29. The van der Waals surface area contributed by atoms with E-state index in [1.165, 1.54) is 4.88 Å². The summed E-state index contributed by atoms with van der Waals surface area (Å²) in [6.45, 7) is 9.89. The number of carbonyl (C=O) groups excluding carboxylic acids is 2. The fraction of sp³-hybridized carbons (Fsp3) is 0.520. The van der Waals surface area contributed by atoms with Crippen LogP contribution >= 0.6 is 22.9 Å². The average molecular weight is 477 g/mol. The third-order valence-electron chi connectivity index (χ3n) is 5.48. The van der Waals surface area contributed by atoms with Crippen LogP contribution in [0.1, 0.15) is 50.6 Å². The van der Waals surface area contributed by atoms with Crippen molar-refractivity contribution in [3.63, 3.8) is 0 Å². The second kappa shape index (κ2) is 11.2. The maximum Gasteiger partial charge on any atom is 0.242 e. The second-order valence-corrected chi connectivity index (χ2v) is 10.6. The molecule has 0 aliphatic carbocycles. The molecule has 5 nitrogen and oxygen atoms in total. The van der Waals surface area contributed by atoms with E-state index in [0.717, 1.165) is 17.7 Å². The first-order valence-corrected chi connectivity index (χ1v) is 12.5. The number of amides is 2. The van der Waals surface area contributed by atoms with Crippen molar-refractivity contribution in [3.05, 3.63) is 51.2 Å². The van der Waals surface area contributed by atoms with E-state index < -0.39 is 0 Å². The predicted molar refractivity (Wildman–Crippen MR) is 130 cm³/mol. The Morgan fingerprint density at radius 2 is 1.88 bits per heavy atom. The molecule has 0 spiro atoms. The van der Waals surface area contributed by atoms with Crippen molar-refractivity contribution in [2.75, 3.05) is 26.2 Å². The van der Waals surface area contributed by atoms with Crippen LogP contribution < -0.4 is 4.74 Å². The van der Waals surface area contributed by atoms with Crippen LogP contribution in [0.15, 0.2) is 35.7 Å². The van der Waals surface area contributed by atoms with Gasteiger partial charge in [-0.2, -0.15) is 0 Å². The Kier molecular flexibility index (Phi) is 8.60. The van der Waals surface area contributed by atoms with Crippen LogP contribution in [-0.4, -0.2) is 47.9 Å². The van der Waals surface area contributed by atoms with Gasteiger partial charge in [0, 0.05) is 29.4 Å². The van der Waals surface area contributed by atoms with E-state index in [0.29, 0.717) is 37.1 Å². The Labute approximate surface area is 200 Å². The van der Waals surface area contributed by atoms with Crippen LogP contribution in [0.3, 0.4) is 0 Å². The van der Waals surface area contributed by atoms with Gasteiger partial charge in [0.25, 0.3) is 0 Å². The van der Waals surface area contributed by atoms with Crippen LogP contribution in [0.5, 0.6) is 5.75 Å². The molecular formula is C25H33ClN2O3S. The minimum absolute atomic E-state index is 0.0238. The SMILES string of the molecule is CC(C)CC(=O)N(CC(=O)N1CCc2sccc2[C@@H]1COc1ccc(Cl)cc1)CC(C)C. The molecule has 0 fully saturated rings. The zero-order valence-corrected chi connectivity index (χ0v) is 20.9. The highest BCUT2D eigenvalue weighted by Gasteiger charge is 2.33. The Morgan fingerprint density at radius 3 is 2.53 bits per heavy atom. The molecule has 3 rings (SSSR count). The topological polar surface area (TPSA) is 49.9 Å². The molecule has 0 saturated carbocycles. The highest BCUT2D eigenvalue weighted by atomic mass is 35.5. The summed E-state index contributed by atoms with van der Waals surface area (Å²) in [5.41, 5.74) is 1.15. The Morgan fingerprint density at radius 1 is 1.16 bits per heavy atom. The van der Waals surface area contributed by atoms with Crippen molar-refractivity contribution in [2.45, 2.75) is 46.6 Å². The van der Waals surface area contributed by atoms with Crippen molar-refractivity contribution >= 4 is 34.8 Å². The molecule has 7 heteroatoms. The zero-order valence-electron chi connectivity index (χ0n) is 19.3. The number of thiophene rings is 1. The van der Waals surface area contributed by atoms with Gasteiger partial charge in [0.15, 0.2) is 0 Å². The molecule has 2 aromatic rings. The lowest BCUT2D eigenvalue weighted by molar-refractivity contribution is -0.143. The van der Waals surface area contributed by atoms with Gasteiger partial charge in [-0.3, -0.25) is 9.59 Å².